The lowest BCUT2D eigenvalue weighted by Gasteiger charge is -2.30. The molecule has 0 spiro atoms. The lowest BCUT2D eigenvalue weighted by atomic mass is 10.1. The van der Waals surface area contributed by atoms with Gasteiger partial charge in [0, 0.05) is 5.56 Å². The van der Waals surface area contributed by atoms with Crippen molar-refractivity contribution in [2.75, 3.05) is 13.2 Å². The Hall–Kier alpha value is -3.76. The minimum Gasteiger partial charge on any atom is -0.483 e. The molecule has 0 unspecified atom stereocenters. The predicted octanol–water partition coefficient (Wildman–Crippen LogP) is 3.43. The van der Waals surface area contributed by atoms with E-state index in [1.54, 1.807) is 20.8 Å². The normalized spacial score (nSPS) is 28.9. The first-order valence-electron chi connectivity index (χ1n) is 15.4. The number of ether oxygens (including phenoxy) is 6. The van der Waals surface area contributed by atoms with Gasteiger partial charge in [0.25, 0.3) is 0 Å². The molecule has 3 heterocycles. The number of benzene rings is 2. The molecule has 0 saturated carbocycles. The highest BCUT2D eigenvalue weighted by molar-refractivity contribution is 5.85. The SMILES string of the molecule is CC(CCC(=O)OC[C@H]1O[C@H](C#Cc2ccccc2)C=C[C@H]1Oc1ccc(C)cc1)=NOC[C@@H](O)[C@H]1O[C@@H]2OC(C)(C)O[C@H]2[C@@H]1O. The molecule has 0 bridgehead atoms. The van der Waals surface area contributed by atoms with Crippen LogP contribution in [0.4, 0.5) is 0 Å². The molecule has 0 amide bonds. The van der Waals surface area contributed by atoms with Gasteiger partial charge in [-0.2, -0.15) is 0 Å². The fourth-order valence-corrected chi connectivity index (χ4v) is 5.16. The van der Waals surface area contributed by atoms with Crippen LogP contribution in [0.1, 0.15) is 44.7 Å². The fourth-order valence-electron chi connectivity index (χ4n) is 5.16. The molecule has 8 atom stereocenters. The minimum absolute atomic E-state index is 0.0293. The van der Waals surface area contributed by atoms with Crippen molar-refractivity contribution in [2.45, 2.75) is 95.3 Å². The van der Waals surface area contributed by atoms with Gasteiger partial charge in [0.05, 0.1) is 12.1 Å². The van der Waals surface area contributed by atoms with E-state index in [1.165, 1.54) is 0 Å². The zero-order valence-corrected chi connectivity index (χ0v) is 26.4. The lowest BCUT2D eigenvalue weighted by Crippen LogP contribution is -2.42. The largest absolute Gasteiger partial charge is 0.483 e. The Kier molecular flexibility index (Phi) is 11.1. The summed E-state index contributed by atoms with van der Waals surface area (Å²) in [7, 11) is 0. The van der Waals surface area contributed by atoms with Gasteiger partial charge in [-0.25, -0.2) is 0 Å². The number of aliphatic hydroxyl groups is 2. The van der Waals surface area contributed by atoms with Gasteiger partial charge >= 0.3 is 5.97 Å². The smallest absolute Gasteiger partial charge is 0.306 e. The Morgan fingerprint density at radius 1 is 1.04 bits per heavy atom. The quantitative estimate of drug-likeness (QED) is 0.124. The second kappa shape index (κ2) is 15.2. The maximum atomic E-state index is 12.6. The van der Waals surface area contributed by atoms with Gasteiger partial charge in [-0.1, -0.05) is 52.9 Å². The topological polar surface area (TPSA) is 135 Å². The number of nitrogens with zero attached hydrogens (tertiary/aromatic N) is 1. The number of hydrogen-bond donors (Lipinski definition) is 2. The molecule has 0 radical (unpaired) electrons. The van der Waals surface area contributed by atoms with Crippen LogP contribution in [0, 0.1) is 18.8 Å². The maximum absolute atomic E-state index is 12.6. The molecule has 3 aliphatic rings. The molecule has 2 aromatic rings. The zero-order valence-electron chi connectivity index (χ0n) is 26.4. The monoisotopic (exact) mass is 635 g/mol. The van der Waals surface area contributed by atoms with Crippen molar-refractivity contribution in [3.8, 4) is 17.6 Å². The average molecular weight is 636 g/mol. The van der Waals surface area contributed by atoms with E-state index in [9.17, 15) is 15.0 Å². The molecule has 5 rings (SSSR count). The number of aryl methyl sites for hydroxylation is 1. The standard InChI is InChI=1S/C35H41NO10/c1-22-10-14-25(15-11-22)42-28-18-17-26(16-13-24-8-6-5-7-9-24)43-29(28)21-40-30(38)19-12-23(2)36-41-20-27(37)32-31(39)33-34(44-32)46-35(3,4)45-33/h5-11,14-15,17-18,26-29,31-34,37,39H,12,19-21H2,1-4H3/t26-,27-,28-,29-,31-,32-,33+,34-/m1/s1. The van der Waals surface area contributed by atoms with Gasteiger partial charge < -0.3 is 43.5 Å². The van der Waals surface area contributed by atoms with Crippen molar-refractivity contribution < 1.29 is 48.3 Å². The third-order valence-corrected chi connectivity index (χ3v) is 7.59. The fraction of sp³-hybridized carbons (Fsp3) is 0.486. The van der Waals surface area contributed by atoms with E-state index in [4.69, 9.17) is 33.3 Å². The first kappa shape index (κ1) is 33.6. The average Bonchev–Trinajstić information content (AvgIpc) is 3.51. The molecule has 46 heavy (non-hydrogen) atoms. The molecular weight excluding hydrogens is 594 g/mol. The predicted molar refractivity (Wildman–Crippen MR) is 167 cm³/mol. The Bertz CT molecular complexity index is 1430. The van der Waals surface area contributed by atoms with Crippen LogP contribution < -0.4 is 4.74 Å². The second-order valence-electron chi connectivity index (χ2n) is 11.9. The summed E-state index contributed by atoms with van der Waals surface area (Å²) in [6.07, 6.45) is -2.16. The van der Waals surface area contributed by atoms with Crippen molar-refractivity contribution in [2.24, 2.45) is 5.16 Å². The number of aliphatic hydroxyl groups excluding tert-OH is 2. The molecule has 2 saturated heterocycles. The van der Waals surface area contributed by atoms with Crippen LogP contribution in [0.25, 0.3) is 0 Å². The Morgan fingerprint density at radius 3 is 2.54 bits per heavy atom. The Morgan fingerprint density at radius 2 is 1.80 bits per heavy atom. The summed E-state index contributed by atoms with van der Waals surface area (Å²) < 4.78 is 34.8. The van der Waals surface area contributed by atoms with Crippen molar-refractivity contribution >= 4 is 11.7 Å². The van der Waals surface area contributed by atoms with E-state index in [1.807, 2.05) is 73.7 Å². The van der Waals surface area contributed by atoms with Gasteiger partial charge in [-0.15, -0.1) is 0 Å². The summed E-state index contributed by atoms with van der Waals surface area (Å²) in [6.45, 7) is 6.89. The number of rotatable bonds is 11. The van der Waals surface area contributed by atoms with E-state index in [0.29, 0.717) is 11.5 Å². The van der Waals surface area contributed by atoms with Crippen molar-refractivity contribution in [3.63, 3.8) is 0 Å². The van der Waals surface area contributed by atoms with Gasteiger partial charge in [-0.05, 0) is 70.5 Å². The number of fused-ring (bicyclic) bond motifs is 1. The summed E-state index contributed by atoms with van der Waals surface area (Å²) in [5.41, 5.74) is 2.51. The number of carbonyl (C=O) groups is 1. The third kappa shape index (κ3) is 9.16. The summed E-state index contributed by atoms with van der Waals surface area (Å²) in [6, 6.07) is 17.3. The number of oxime groups is 1. The van der Waals surface area contributed by atoms with Crippen LogP contribution in [0.2, 0.25) is 0 Å². The Balaban J connectivity index is 1.08. The number of hydrogen-bond acceptors (Lipinski definition) is 11. The van der Waals surface area contributed by atoms with E-state index >= 15 is 0 Å². The molecule has 2 aromatic carbocycles. The third-order valence-electron chi connectivity index (χ3n) is 7.59. The highest BCUT2D eigenvalue weighted by Gasteiger charge is 2.56. The zero-order chi connectivity index (χ0) is 32.7. The van der Waals surface area contributed by atoms with Gasteiger partial charge in [-0.3, -0.25) is 4.79 Å². The first-order chi connectivity index (χ1) is 22.1. The molecule has 3 aliphatic heterocycles. The molecule has 246 valence electrons. The van der Waals surface area contributed by atoms with E-state index in [0.717, 1.165) is 11.1 Å². The highest BCUT2D eigenvalue weighted by atomic mass is 16.8. The van der Waals surface area contributed by atoms with Crippen LogP contribution in [-0.2, 0) is 33.3 Å². The summed E-state index contributed by atoms with van der Waals surface area (Å²) >= 11 is 0. The van der Waals surface area contributed by atoms with Crippen LogP contribution in [0.15, 0.2) is 71.9 Å². The molecule has 11 heteroatoms. The summed E-state index contributed by atoms with van der Waals surface area (Å²) in [5.74, 6) is 5.59. The van der Waals surface area contributed by atoms with Crippen LogP contribution in [-0.4, -0.2) is 89.9 Å². The van der Waals surface area contributed by atoms with Crippen molar-refractivity contribution in [1.29, 1.82) is 0 Å². The molecule has 11 nitrogen and oxygen atoms in total. The minimum atomic E-state index is -1.17. The van der Waals surface area contributed by atoms with E-state index in [2.05, 4.69) is 17.0 Å². The second-order valence-corrected chi connectivity index (χ2v) is 11.9. The maximum Gasteiger partial charge on any atom is 0.306 e. The Labute approximate surface area is 269 Å². The van der Waals surface area contributed by atoms with Crippen LogP contribution in [0.3, 0.4) is 0 Å². The lowest BCUT2D eigenvalue weighted by molar-refractivity contribution is -0.228. The van der Waals surface area contributed by atoms with Crippen LogP contribution in [0.5, 0.6) is 5.75 Å². The van der Waals surface area contributed by atoms with Crippen molar-refractivity contribution in [1.82, 2.24) is 0 Å². The van der Waals surface area contributed by atoms with Gasteiger partial charge in [0.1, 0.15) is 61.7 Å². The number of carbonyl (C=O) groups excluding carboxylic acids is 1. The molecule has 0 aromatic heterocycles. The van der Waals surface area contributed by atoms with Crippen LogP contribution >= 0.6 is 0 Å². The first-order valence-corrected chi connectivity index (χ1v) is 15.4. The van der Waals surface area contributed by atoms with Gasteiger partial charge in [0.15, 0.2) is 12.1 Å². The summed E-state index contributed by atoms with van der Waals surface area (Å²) in [5, 5.41) is 24.9. The highest BCUT2D eigenvalue weighted by Crippen LogP contribution is 2.38. The molecular formula is C35H41NO10. The van der Waals surface area contributed by atoms with Gasteiger partial charge in [0.2, 0.25) is 0 Å². The van der Waals surface area contributed by atoms with Crippen molar-refractivity contribution in [3.05, 3.63) is 77.9 Å². The summed E-state index contributed by atoms with van der Waals surface area (Å²) in [4.78, 5) is 17.9. The number of esters is 1. The van der Waals surface area contributed by atoms with E-state index in [-0.39, 0.29) is 26.1 Å². The van der Waals surface area contributed by atoms with E-state index < -0.39 is 60.8 Å². The molecule has 2 fully saturated rings. The molecule has 0 aliphatic carbocycles. The molecule has 2 N–H and O–H groups in total.